The molecule has 0 aliphatic carbocycles. The number of phenols is 1. The Hall–Kier alpha value is -2.08. The molecule has 0 bridgehead atoms. The topological polar surface area (TPSA) is 77.6 Å². The Morgan fingerprint density at radius 3 is 2.55 bits per heavy atom. The third kappa shape index (κ3) is 2.75. The quantitative estimate of drug-likeness (QED) is 0.906. The maximum atomic E-state index is 9.95. The van der Waals surface area contributed by atoms with Gasteiger partial charge in [0.05, 0.1) is 12.7 Å². The van der Waals surface area contributed by atoms with Crippen molar-refractivity contribution in [3.63, 3.8) is 0 Å². The second-order valence-corrected chi connectivity index (χ2v) is 4.74. The van der Waals surface area contributed by atoms with Gasteiger partial charge in [-0.1, -0.05) is 19.0 Å². The fraction of sp³-hybridized carbons (Fsp3) is 0.429. The first-order valence-corrected chi connectivity index (χ1v) is 6.30. The average molecular weight is 278 g/mol. The van der Waals surface area contributed by atoms with Crippen LogP contribution in [0.3, 0.4) is 0 Å². The lowest BCUT2D eigenvalue weighted by molar-refractivity contribution is 0.0556. The van der Waals surface area contributed by atoms with E-state index in [0.717, 1.165) is 0 Å². The third-order valence-corrected chi connectivity index (χ3v) is 2.99. The number of rotatable bonds is 5. The fourth-order valence-corrected chi connectivity index (χ4v) is 1.95. The molecule has 1 aromatic carbocycles. The van der Waals surface area contributed by atoms with Crippen molar-refractivity contribution in [1.29, 1.82) is 0 Å². The standard InChI is InChI=1S/C14H18N2O4/c1-8(2)12(19-4)13-15-14(20-16-13)10-6-5-9(18-3)7-11(10)17/h5-8,12,17H,1-4H3. The fourth-order valence-electron chi connectivity index (χ4n) is 1.95. The molecule has 0 fully saturated rings. The molecule has 1 N–H and O–H groups in total. The van der Waals surface area contributed by atoms with Gasteiger partial charge in [-0.15, -0.1) is 0 Å². The number of methoxy groups -OCH3 is 2. The molecule has 1 heterocycles. The maximum Gasteiger partial charge on any atom is 0.261 e. The lowest BCUT2D eigenvalue weighted by Crippen LogP contribution is -2.10. The smallest absolute Gasteiger partial charge is 0.261 e. The van der Waals surface area contributed by atoms with Crippen molar-refractivity contribution >= 4 is 0 Å². The minimum atomic E-state index is -0.243. The molecular formula is C14H18N2O4. The predicted octanol–water partition coefficient (Wildman–Crippen LogP) is 2.79. The summed E-state index contributed by atoms with van der Waals surface area (Å²) in [5.74, 6) is 1.52. The van der Waals surface area contributed by atoms with E-state index in [-0.39, 0.29) is 23.7 Å². The molecule has 0 amide bonds. The highest BCUT2D eigenvalue weighted by Crippen LogP contribution is 2.32. The van der Waals surface area contributed by atoms with Crippen LogP contribution in [0.15, 0.2) is 22.7 Å². The van der Waals surface area contributed by atoms with Gasteiger partial charge in [-0.3, -0.25) is 0 Å². The summed E-state index contributed by atoms with van der Waals surface area (Å²) in [6.07, 6.45) is -0.243. The van der Waals surface area contributed by atoms with Crippen LogP contribution in [0.4, 0.5) is 0 Å². The molecule has 20 heavy (non-hydrogen) atoms. The van der Waals surface area contributed by atoms with Gasteiger partial charge in [0, 0.05) is 13.2 Å². The average Bonchev–Trinajstić information content (AvgIpc) is 2.88. The van der Waals surface area contributed by atoms with Crippen molar-refractivity contribution in [3.8, 4) is 23.0 Å². The van der Waals surface area contributed by atoms with E-state index in [1.165, 1.54) is 13.2 Å². The minimum Gasteiger partial charge on any atom is -0.507 e. The van der Waals surface area contributed by atoms with Gasteiger partial charge in [0.1, 0.15) is 17.6 Å². The maximum absolute atomic E-state index is 9.95. The van der Waals surface area contributed by atoms with E-state index in [1.54, 1.807) is 19.2 Å². The summed E-state index contributed by atoms with van der Waals surface area (Å²) in [4.78, 5) is 4.29. The van der Waals surface area contributed by atoms with Crippen LogP contribution in [0.5, 0.6) is 11.5 Å². The first-order chi connectivity index (χ1) is 9.56. The van der Waals surface area contributed by atoms with E-state index in [2.05, 4.69) is 10.1 Å². The molecule has 0 aliphatic heterocycles. The molecule has 1 aromatic heterocycles. The van der Waals surface area contributed by atoms with Gasteiger partial charge in [0.15, 0.2) is 0 Å². The summed E-state index contributed by atoms with van der Waals surface area (Å²) in [6.45, 7) is 4.02. The monoisotopic (exact) mass is 278 g/mol. The number of aromatic hydroxyl groups is 1. The highest BCUT2D eigenvalue weighted by Gasteiger charge is 2.22. The van der Waals surface area contributed by atoms with Gasteiger partial charge in [-0.05, 0) is 18.1 Å². The van der Waals surface area contributed by atoms with Crippen molar-refractivity contribution in [2.45, 2.75) is 20.0 Å². The first kappa shape index (κ1) is 14.3. The van der Waals surface area contributed by atoms with Crippen LogP contribution >= 0.6 is 0 Å². The van der Waals surface area contributed by atoms with Crippen LogP contribution in [0.1, 0.15) is 25.8 Å². The second kappa shape index (κ2) is 5.92. The molecular weight excluding hydrogens is 260 g/mol. The number of aromatic nitrogens is 2. The number of nitrogens with zero attached hydrogens (tertiary/aromatic N) is 2. The van der Waals surface area contributed by atoms with E-state index in [4.69, 9.17) is 14.0 Å². The Bertz CT molecular complexity index is 580. The molecule has 108 valence electrons. The summed E-state index contributed by atoms with van der Waals surface area (Å²) in [7, 11) is 3.14. The van der Waals surface area contributed by atoms with Crippen LogP contribution < -0.4 is 4.74 Å². The Morgan fingerprint density at radius 1 is 1.25 bits per heavy atom. The lowest BCUT2D eigenvalue weighted by atomic mass is 10.1. The van der Waals surface area contributed by atoms with Gasteiger partial charge in [-0.2, -0.15) is 4.98 Å². The normalized spacial score (nSPS) is 12.7. The minimum absolute atomic E-state index is 0.0260. The van der Waals surface area contributed by atoms with Gasteiger partial charge >= 0.3 is 0 Å². The van der Waals surface area contributed by atoms with Crippen molar-refractivity contribution in [2.75, 3.05) is 14.2 Å². The molecule has 1 unspecified atom stereocenters. The van der Waals surface area contributed by atoms with E-state index in [0.29, 0.717) is 17.1 Å². The van der Waals surface area contributed by atoms with Crippen molar-refractivity contribution in [2.24, 2.45) is 5.92 Å². The van der Waals surface area contributed by atoms with E-state index >= 15 is 0 Å². The van der Waals surface area contributed by atoms with Crippen molar-refractivity contribution in [1.82, 2.24) is 10.1 Å². The van der Waals surface area contributed by atoms with Gasteiger partial charge in [0.25, 0.3) is 5.89 Å². The number of ether oxygens (including phenoxy) is 2. The zero-order valence-electron chi connectivity index (χ0n) is 12.0. The van der Waals surface area contributed by atoms with Crippen LogP contribution in [-0.4, -0.2) is 29.5 Å². The Balaban J connectivity index is 2.33. The summed E-state index contributed by atoms with van der Waals surface area (Å²) in [6, 6.07) is 4.88. The number of benzene rings is 1. The van der Waals surface area contributed by atoms with E-state index in [9.17, 15) is 5.11 Å². The molecule has 0 aliphatic rings. The zero-order valence-corrected chi connectivity index (χ0v) is 12.0. The number of hydrogen-bond donors (Lipinski definition) is 1. The highest BCUT2D eigenvalue weighted by atomic mass is 16.5. The van der Waals surface area contributed by atoms with Gasteiger partial charge in [-0.25, -0.2) is 0 Å². The summed E-state index contributed by atoms with van der Waals surface area (Å²) >= 11 is 0. The molecule has 6 heteroatoms. The third-order valence-electron chi connectivity index (χ3n) is 2.99. The molecule has 0 spiro atoms. The first-order valence-electron chi connectivity index (χ1n) is 6.30. The summed E-state index contributed by atoms with van der Waals surface area (Å²) in [5, 5.41) is 13.9. The Kier molecular flexibility index (Phi) is 4.24. The zero-order chi connectivity index (χ0) is 14.7. The molecule has 2 rings (SSSR count). The highest BCUT2D eigenvalue weighted by molar-refractivity contribution is 5.63. The van der Waals surface area contributed by atoms with Gasteiger partial charge < -0.3 is 19.1 Å². The SMILES string of the molecule is COc1ccc(-c2nc(C(OC)C(C)C)no2)c(O)c1. The predicted molar refractivity (Wildman–Crippen MR) is 72.5 cm³/mol. The largest absolute Gasteiger partial charge is 0.507 e. The molecule has 0 saturated heterocycles. The molecule has 2 aromatic rings. The molecule has 6 nitrogen and oxygen atoms in total. The molecule has 1 atom stereocenters. The van der Waals surface area contributed by atoms with Gasteiger partial charge in [0.2, 0.25) is 5.82 Å². The summed E-state index contributed by atoms with van der Waals surface area (Å²) in [5.41, 5.74) is 0.461. The second-order valence-electron chi connectivity index (χ2n) is 4.74. The van der Waals surface area contributed by atoms with Crippen LogP contribution in [0, 0.1) is 5.92 Å². The Labute approximate surface area is 117 Å². The van der Waals surface area contributed by atoms with Crippen molar-refractivity contribution < 1.29 is 19.1 Å². The van der Waals surface area contributed by atoms with Crippen LogP contribution in [0.25, 0.3) is 11.5 Å². The Morgan fingerprint density at radius 2 is 2.00 bits per heavy atom. The van der Waals surface area contributed by atoms with E-state index in [1.807, 2.05) is 13.8 Å². The van der Waals surface area contributed by atoms with Crippen LogP contribution in [-0.2, 0) is 4.74 Å². The molecule has 0 saturated carbocycles. The number of phenolic OH excluding ortho intramolecular Hbond substituents is 1. The van der Waals surface area contributed by atoms with E-state index < -0.39 is 0 Å². The van der Waals surface area contributed by atoms with Crippen LogP contribution in [0.2, 0.25) is 0 Å². The lowest BCUT2D eigenvalue weighted by Gasteiger charge is -2.14. The molecule has 0 radical (unpaired) electrons. The number of hydrogen-bond acceptors (Lipinski definition) is 6. The van der Waals surface area contributed by atoms with Crippen molar-refractivity contribution in [3.05, 3.63) is 24.0 Å². The summed E-state index contributed by atoms with van der Waals surface area (Å²) < 4.78 is 15.6.